The monoisotopic (exact) mass is 264 g/mol. The lowest BCUT2D eigenvalue weighted by Gasteiger charge is -2.27. The van der Waals surface area contributed by atoms with Crippen LogP contribution >= 0.6 is 0 Å². The molecule has 104 valence electrons. The standard InChI is InChI=1S/C13H20N4O2/c1-3-13(2,8-18)17-12(19)16-10-6-14-11(15-7-10)9-4-5-9/h6-7,9,18H,3-5,8H2,1-2H3,(H2,16,17,19). The lowest BCUT2D eigenvalue weighted by molar-refractivity contribution is 0.172. The fourth-order valence-corrected chi connectivity index (χ4v) is 1.63. The molecule has 3 N–H and O–H groups in total. The van der Waals surface area contributed by atoms with Gasteiger partial charge in [0.05, 0.1) is 30.2 Å². The molecule has 0 spiro atoms. The molecule has 0 aromatic carbocycles. The fourth-order valence-electron chi connectivity index (χ4n) is 1.63. The first-order valence-electron chi connectivity index (χ1n) is 6.58. The lowest BCUT2D eigenvalue weighted by Crippen LogP contribution is -2.50. The molecule has 1 atom stereocenters. The number of nitrogens with zero attached hydrogens (tertiary/aromatic N) is 2. The number of anilines is 1. The number of aliphatic hydroxyl groups is 1. The number of amides is 2. The highest BCUT2D eigenvalue weighted by atomic mass is 16.3. The van der Waals surface area contributed by atoms with E-state index >= 15 is 0 Å². The molecular weight excluding hydrogens is 244 g/mol. The minimum Gasteiger partial charge on any atom is -0.394 e. The summed E-state index contributed by atoms with van der Waals surface area (Å²) in [6, 6.07) is -0.360. The number of aromatic nitrogens is 2. The van der Waals surface area contributed by atoms with Crippen molar-refractivity contribution in [1.82, 2.24) is 15.3 Å². The Labute approximate surface area is 112 Å². The smallest absolute Gasteiger partial charge is 0.319 e. The number of carbonyl (C=O) groups is 1. The Morgan fingerprint density at radius 1 is 1.47 bits per heavy atom. The van der Waals surface area contributed by atoms with Gasteiger partial charge in [0, 0.05) is 5.92 Å². The average Bonchev–Trinajstić information content (AvgIpc) is 3.24. The van der Waals surface area contributed by atoms with E-state index in [1.807, 2.05) is 6.92 Å². The number of nitrogens with one attached hydrogen (secondary N) is 2. The first kappa shape index (κ1) is 13.7. The maximum absolute atomic E-state index is 11.8. The van der Waals surface area contributed by atoms with Crippen molar-refractivity contribution in [3.8, 4) is 0 Å². The molecule has 2 amide bonds. The Kier molecular flexibility index (Phi) is 3.99. The number of carbonyl (C=O) groups excluding carboxylic acids is 1. The van der Waals surface area contributed by atoms with Gasteiger partial charge < -0.3 is 15.7 Å². The van der Waals surface area contributed by atoms with Crippen LogP contribution in [0.25, 0.3) is 0 Å². The van der Waals surface area contributed by atoms with E-state index in [0.29, 0.717) is 18.0 Å². The highest BCUT2D eigenvalue weighted by Crippen LogP contribution is 2.37. The van der Waals surface area contributed by atoms with Gasteiger partial charge in [-0.2, -0.15) is 0 Å². The number of rotatable bonds is 5. The maximum atomic E-state index is 11.8. The third-order valence-electron chi connectivity index (χ3n) is 3.42. The molecule has 6 heteroatoms. The molecule has 2 rings (SSSR count). The van der Waals surface area contributed by atoms with Crippen LogP contribution in [0.4, 0.5) is 10.5 Å². The first-order chi connectivity index (χ1) is 9.06. The van der Waals surface area contributed by atoms with Crippen molar-refractivity contribution in [3.63, 3.8) is 0 Å². The summed E-state index contributed by atoms with van der Waals surface area (Å²) in [5.74, 6) is 1.35. The van der Waals surface area contributed by atoms with Crippen molar-refractivity contribution >= 4 is 11.7 Å². The zero-order chi connectivity index (χ0) is 13.9. The van der Waals surface area contributed by atoms with E-state index in [-0.39, 0.29) is 12.6 Å². The Bertz CT molecular complexity index is 438. The van der Waals surface area contributed by atoms with E-state index in [0.717, 1.165) is 18.7 Å². The van der Waals surface area contributed by atoms with E-state index in [4.69, 9.17) is 0 Å². The van der Waals surface area contributed by atoms with Gasteiger partial charge in [-0.3, -0.25) is 0 Å². The highest BCUT2D eigenvalue weighted by molar-refractivity contribution is 5.89. The van der Waals surface area contributed by atoms with Crippen molar-refractivity contribution in [3.05, 3.63) is 18.2 Å². The third kappa shape index (κ3) is 3.64. The van der Waals surface area contributed by atoms with Crippen LogP contribution in [-0.2, 0) is 0 Å². The molecule has 6 nitrogen and oxygen atoms in total. The Morgan fingerprint density at radius 3 is 2.58 bits per heavy atom. The van der Waals surface area contributed by atoms with Crippen LogP contribution in [0, 0.1) is 0 Å². The summed E-state index contributed by atoms with van der Waals surface area (Å²) in [5, 5.41) is 14.6. The van der Waals surface area contributed by atoms with E-state index < -0.39 is 5.54 Å². The van der Waals surface area contributed by atoms with E-state index in [9.17, 15) is 9.90 Å². The normalized spacial score (nSPS) is 17.6. The van der Waals surface area contributed by atoms with Crippen LogP contribution in [-0.4, -0.2) is 33.3 Å². The summed E-state index contributed by atoms with van der Waals surface area (Å²) >= 11 is 0. The predicted octanol–water partition coefficient (Wildman–Crippen LogP) is 1.64. The van der Waals surface area contributed by atoms with Crippen molar-refractivity contribution in [2.24, 2.45) is 0 Å². The van der Waals surface area contributed by atoms with Gasteiger partial charge in [-0.05, 0) is 26.2 Å². The van der Waals surface area contributed by atoms with Gasteiger partial charge >= 0.3 is 6.03 Å². The zero-order valence-corrected chi connectivity index (χ0v) is 11.3. The van der Waals surface area contributed by atoms with Gasteiger partial charge in [-0.15, -0.1) is 0 Å². The molecular formula is C13H20N4O2. The number of hydrogen-bond acceptors (Lipinski definition) is 4. The number of hydrogen-bond donors (Lipinski definition) is 3. The highest BCUT2D eigenvalue weighted by Gasteiger charge is 2.26. The van der Waals surface area contributed by atoms with Crippen molar-refractivity contribution in [1.29, 1.82) is 0 Å². The second kappa shape index (κ2) is 5.52. The molecule has 1 heterocycles. The molecule has 1 aromatic heterocycles. The lowest BCUT2D eigenvalue weighted by atomic mass is 10.0. The zero-order valence-electron chi connectivity index (χ0n) is 11.3. The minimum absolute atomic E-state index is 0.103. The quantitative estimate of drug-likeness (QED) is 0.754. The molecule has 1 aliphatic rings. The molecule has 1 aliphatic carbocycles. The topological polar surface area (TPSA) is 87.1 Å². The van der Waals surface area contributed by atoms with Crippen LogP contribution in [0.3, 0.4) is 0 Å². The number of aliphatic hydroxyl groups excluding tert-OH is 1. The molecule has 1 unspecified atom stereocenters. The van der Waals surface area contributed by atoms with E-state index in [2.05, 4.69) is 20.6 Å². The Balaban J connectivity index is 1.91. The van der Waals surface area contributed by atoms with Gasteiger partial charge in [0.2, 0.25) is 0 Å². The van der Waals surface area contributed by atoms with Gasteiger partial charge in [0.15, 0.2) is 0 Å². The van der Waals surface area contributed by atoms with E-state index in [1.54, 1.807) is 19.3 Å². The average molecular weight is 264 g/mol. The predicted molar refractivity (Wildman–Crippen MR) is 71.9 cm³/mol. The summed E-state index contributed by atoms with van der Waals surface area (Å²) in [6.45, 7) is 3.59. The molecule has 1 fully saturated rings. The summed E-state index contributed by atoms with van der Waals surface area (Å²) in [7, 11) is 0. The molecule has 19 heavy (non-hydrogen) atoms. The Hall–Kier alpha value is -1.69. The molecule has 0 bridgehead atoms. The van der Waals surface area contributed by atoms with Crippen molar-refractivity contribution in [2.45, 2.75) is 44.6 Å². The van der Waals surface area contributed by atoms with Gasteiger partial charge in [-0.25, -0.2) is 14.8 Å². The van der Waals surface area contributed by atoms with Gasteiger partial charge in [0.1, 0.15) is 5.82 Å². The van der Waals surface area contributed by atoms with Gasteiger partial charge in [0.25, 0.3) is 0 Å². The van der Waals surface area contributed by atoms with Gasteiger partial charge in [-0.1, -0.05) is 6.92 Å². The first-order valence-corrected chi connectivity index (χ1v) is 6.58. The summed E-state index contributed by atoms with van der Waals surface area (Å²) < 4.78 is 0. The summed E-state index contributed by atoms with van der Waals surface area (Å²) in [4.78, 5) is 20.2. The van der Waals surface area contributed by atoms with Crippen LogP contribution in [0.15, 0.2) is 12.4 Å². The SMILES string of the molecule is CCC(C)(CO)NC(=O)Nc1cnc(C2CC2)nc1. The maximum Gasteiger partial charge on any atom is 0.319 e. The molecule has 1 aromatic rings. The number of urea groups is 1. The van der Waals surface area contributed by atoms with Crippen LogP contribution in [0.2, 0.25) is 0 Å². The molecule has 1 saturated carbocycles. The second-order valence-electron chi connectivity index (χ2n) is 5.26. The minimum atomic E-state index is -0.612. The summed E-state index contributed by atoms with van der Waals surface area (Å²) in [6.07, 6.45) is 6.18. The van der Waals surface area contributed by atoms with E-state index in [1.165, 1.54) is 0 Å². The van der Waals surface area contributed by atoms with Crippen molar-refractivity contribution < 1.29 is 9.90 Å². The third-order valence-corrected chi connectivity index (χ3v) is 3.42. The fraction of sp³-hybridized carbons (Fsp3) is 0.615. The van der Waals surface area contributed by atoms with Crippen molar-refractivity contribution in [2.75, 3.05) is 11.9 Å². The van der Waals surface area contributed by atoms with Crippen LogP contribution in [0.1, 0.15) is 44.9 Å². The molecule has 0 aliphatic heterocycles. The molecule has 0 radical (unpaired) electrons. The molecule has 0 saturated heterocycles. The largest absolute Gasteiger partial charge is 0.394 e. The summed E-state index contributed by atoms with van der Waals surface area (Å²) in [5.41, 5.74) is -0.0582. The van der Waals surface area contributed by atoms with Crippen LogP contribution < -0.4 is 10.6 Å². The Morgan fingerprint density at radius 2 is 2.11 bits per heavy atom. The second-order valence-corrected chi connectivity index (χ2v) is 5.26. The van der Waals surface area contributed by atoms with Crippen LogP contribution in [0.5, 0.6) is 0 Å².